The van der Waals surface area contributed by atoms with Crippen LogP contribution in [0.5, 0.6) is 0 Å². The molecule has 29 heavy (non-hydrogen) atoms. The first-order valence-electron chi connectivity index (χ1n) is 9.62. The van der Waals surface area contributed by atoms with Crippen molar-refractivity contribution in [3.8, 4) is 11.3 Å². The molecule has 1 heterocycles. The molecule has 0 N–H and O–H groups in total. The van der Waals surface area contributed by atoms with Crippen molar-refractivity contribution in [1.29, 1.82) is 0 Å². The van der Waals surface area contributed by atoms with Crippen LogP contribution in [0.4, 0.5) is 0 Å². The van der Waals surface area contributed by atoms with Crippen LogP contribution in [-0.4, -0.2) is 28.8 Å². The monoisotopic (exact) mass is 408 g/mol. The summed E-state index contributed by atoms with van der Waals surface area (Å²) in [5, 5.41) is 4.51. The summed E-state index contributed by atoms with van der Waals surface area (Å²) in [6, 6.07) is 18.3. The van der Waals surface area contributed by atoms with Crippen molar-refractivity contribution < 1.29 is 14.1 Å². The van der Waals surface area contributed by atoms with E-state index in [2.05, 4.69) is 5.16 Å². The predicted octanol–water partition coefficient (Wildman–Crippen LogP) is 5.11. The smallest absolute Gasteiger partial charge is 0.293 e. The topological polar surface area (TPSA) is 63.4 Å². The predicted molar refractivity (Wildman–Crippen MR) is 111 cm³/mol. The average Bonchev–Trinajstić information content (AvgIpc) is 3.25. The minimum Gasteiger partial charge on any atom is -0.350 e. The first-order chi connectivity index (χ1) is 14.0. The number of carbonyl (C=O) groups is 2. The Balaban J connectivity index is 1.73. The van der Waals surface area contributed by atoms with Crippen LogP contribution in [0.3, 0.4) is 0 Å². The maximum atomic E-state index is 13.3. The highest BCUT2D eigenvalue weighted by Gasteiger charge is 2.48. The largest absolute Gasteiger partial charge is 0.350 e. The van der Waals surface area contributed by atoms with Gasteiger partial charge in [-0.25, -0.2) is 0 Å². The van der Waals surface area contributed by atoms with Crippen LogP contribution in [0.1, 0.15) is 41.8 Å². The van der Waals surface area contributed by atoms with E-state index in [1.165, 1.54) is 4.90 Å². The lowest BCUT2D eigenvalue weighted by atomic mass is 9.74. The number of hydrogen-bond acceptors (Lipinski definition) is 4. The number of benzene rings is 2. The van der Waals surface area contributed by atoms with E-state index in [0.29, 0.717) is 29.1 Å². The van der Waals surface area contributed by atoms with Gasteiger partial charge in [-0.05, 0) is 25.3 Å². The van der Waals surface area contributed by atoms with Gasteiger partial charge in [0.1, 0.15) is 11.2 Å². The van der Waals surface area contributed by atoms with Gasteiger partial charge in [0.05, 0.1) is 0 Å². The van der Waals surface area contributed by atoms with E-state index < -0.39 is 11.4 Å². The summed E-state index contributed by atoms with van der Waals surface area (Å²) in [5.41, 5.74) is 0.981. The molecule has 0 saturated heterocycles. The van der Waals surface area contributed by atoms with Crippen molar-refractivity contribution in [2.24, 2.45) is 0 Å². The highest BCUT2D eigenvalue weighted by Crippen LogP contribution is 2.42. The molecule has 1 unspecified atom stereocenters. The van der Waals surface area contributed by atoms with Gasteiger partial charge in [0, 0.05) is 35.7 Å². The van der Waals surface area contributed by atoms with Crippen LogP contribution in [0, 0.1) is 0 Å². The average molecular weight is 409 g/mol. The third kappa shape index (κ3) is 3.36. The summed E-state index contributed by atoms with van der Waals surface area (Å²) in [5.74, 6) is -0.304. The van der Waals surface area contributed by atoms with Gasteiger partial charge in [-0.2, -0.15) is 0 Å². The molecule has 5 nitrogen and oxygen atoms in total. The van der Waals surface area contributed by atoms with Gasteiger partial charge in [-0.1, -0.05) is 65.3 Å². The van der Waals surface area contributed by atoms with Crippen LogP contribution in [0.25, 0.3) is 11.3 Å². The van der Waals surface area contributed by atoms with Gasteiger partial charge in [0.2, 0.25) is 5.76 Å². The first-order valence-corrected chi connectivity index (χ1v) is 10.0. The van der Waals surface area contributed by atoms with E-state index in [1.807, 2.05) is 48.5 Å². The molecule has 2 aromatic carbocycles. The Hall–Kier alpha value is -2.92. The number of Topliss-reactive ketones (excluding diaryl/α,β-unsaturated/α-hetero) is 1. The molecule has 1 aromatic heterocycles. The van der Waals surface area contributed by atoms with Gasteiger partial charge in [0.15, 0.2) is 5.78 Å². The van der Waals surface area contributed by atoms with Crippen molar-refractivity contribution >= 4 is 23.3 Å². The van der Waals surface area contributed by atoms with Crippen molar-refractivity contribution in [3.05, 3.63) is 77.0 Å². The van der Waals surface area contributed by atoms with Gasteiger partial charge in [-0.15, -0.1) is 0 Å². The molecule has 1 aliphatic carbocycles. The van der Waals surface area contributed by atoms with Crippen molar-refractivity contribution in [3.63, 3.8) is 0 Å². The summed E-state index contributed by atoms with van der Waals surface area (Å²) in [4.78, 5) is 28.0. The molecule has 0 bridgehead atoms. The molecular weight excluding hydrogens is 388 g/mol. The van der Waals surface area contributed by atoms with E-state index in [4.69, 9.17) is 16.1 Å². The fraction of sp³-hybridized carbons (Fsp3) is 0.261. The molecule has 1 fully saturated rings. The lowest BCUT2D eigenvalue weighted by Gasteiger charge is -2.43. The zero-order valence-corrected chi connectivity index (χ0v) is 16.9. The van der Waals surface area contributed by atoms with Gasteiger partial charge < -0.3 is 9.42 Å². The Morgan fingerprint density at radius 3 is 2.55 bits per heavy atom. The number of amides is 1. The fourth-order valence-corrected chi connectivity index (χ4v) is 4.38. The molecule has 1 amide bonds. The first kappa shape index (κ1) is 19.4. The number of hydrogen-bond donors (Lipinski definition) is 0. The summed E-state index contributed by atoms with van der Waals surface area (Å²) in [6.07, 6.45) is 2.58. The molecule has 0 radical (unpaired) electrons. The zero-order chi connectivity index (χ0) is 20.4. The minimum absolute atomic E-state index is 0.00417. The second-order valence-electron chi connectivity index (χ2n) is 7.28. The number of nitrogens with zero attached hydrogens (tertiary/aromatic N) is 2. The van der Waals surface area contributed by atoms with Gasteiger partial charge in [0.25, 0.3) is 5.91 Å². The van der Waals surface area contributed by atoms with Gasteiger partial charge in [-0.3, -0.25) is 9.59 Å². The normalized spacial score (nSPS) is 19.2. The molecule has 0 aliphatic heterocycles. The Morgan fingerprint density at radius 1 is 1.10 bits per heavy atom. The Kier molecular flexibility index (Phi) is 5.24. The Bertz CT molecular complexity index is 1050. The second-order valence-corrected chi connectivity index (χ2v) is 7.68. The third-order valence-electron chi connectivity index (χ3n) is 5.64. The number of ketones is 1. The van der Waals surface area contributed by atoms with Crippen LogP contribution >= 0.6 is 11.6 Å². The molecule has 6 heteroatoms. The number of carbonyl (C=O) groups excluding carboxylic acids is 2. The van der Waals surface area contributed by atoms with E-state index in [9.17, 15) is 9.59 Å². The maximum absolute atomic E-state index is 13.3. The summed E-state index contributed by atoms with van der Waals surface area (Å²) in [6.45, 7) is 0. The van der Waals surface area contributed by atoms with Crippen molar-refractivity contribution in [2.45, 2.75) is 31.2 Å². The highest BCUT2D eigenvalue weighted by molar-refractivity contribution is 6.31. The quantitative estimate of drug-likeness (QED) is 0.602. The molecule has 0 spiro atoms. The van der Waals surface area contributed by atoms with Crippen LogP contribution in [0.15, 0.2) is 65.2 Å². The number of likely N-dealkylation sites (N-methyl/N-ethyl adjacent to an activating group) is 1. The van der Waals surface area contributed by atoms with Crippen LogP contribution in [-0.2, 0) is 10.3 Å². The summed E-state index contributed by atoms with van der Waals surface area (Å²) in [7, 11) is 1.64. The molecule has 1 saturated carbocycles. The number of halogens is 1. The maximum Gasteiger partial charge on any atom is 0.293 e. The SMILES string of the molecule is CN(C(=O)c1cc(-c2ccccc2)no1)C1(c2ccccc2Cl)CCCCC1=O. The Labute approximate surface area is 174 Å². The van der Waals surface area contributed by atoms with Gasteiger partial charge >= 0.3 is 0 Å². The molecule has 3 aromatic rings. The lowest BCUT2D eigenvalue weighted by Crippen LogP contribution is -2.54. The van der Waals surface area contributed by atoms with E-state index in [0.717, 1.165) is 18.4 Å². The molecule has 1 atom stereocenters. The van der Waals surface area contributed by atoms with E-state index in [1.54, 1.807) is 19.2 Å². The van der Waals surface area contributed by atoms with Crippen LogP contribution in [0.2, 0.25) is 5.02 Å². The van der Waals surface area contributed by atoms with Crippen LogP contribution < -0.4 is 0 Å². The van der Waals surface area contributed by atoms with E-state index in [-0.39, 0.29) is 11.5 Å². The number of aromatic nitrogens is 1. The van der Waals surface area contributed by atoms with Crippen molar-refractivity contribution in [1.82, 2.24) is 10.1 Å². The molecule has 148 valence electrons. The van der Waals surface area contributed by atoms with E-state index >= 15 is 0 Å². The molecular formula is C23H21ClN2O3. The summed E-state index contributed by atoms with van der Waals surface area (Å²) >= 11 is 6.47. The zero-order valence-electron chi connectivity index (χ0n) is 16.1. The van der Waals surface area contributed by atoms with Crippen molar-refractivity contribution in [2.75, 3.05) is 7.05 Å². The minimum atomic E-state index is -1.10. The Morgan fingerprint density at radius 2 is 1.83 bits per heavy atom. The number of rotatable bonds is 4. The molecule has 1 aliphatic rings. The highest BCUT2D eigenvalue weighted by atomic mass is 35.5. The standard InChI is InChI=1S/C23H21ClN2O3/c1-26(22(28)20-15-19(25-29-20)16-9-3-2-4-10-16)23(14-8-7-13-21(23)27)17-11-5-6-12-18(17)24/h2-6,9-12,15H,7-8,13-14H2,1H3. The fourth-order valence-electron chi connectivity index (χ4n) is 4.09. The molecule has 4 rings (SSSR count). The third-order valence-corrected chi connectivity index (χ3v) is 5.97. The lowest BCUT2D eigenvalue weighted by molar-refractivity contribution is -0.132. The summed E-state index contributed by atoms with van der Waals surface area (Å²) < 4.78 is 5.35. The second kappa shape index (κ2) is 7.84.